The lowest BCUT2D eigenvalue weighted by molar-refractivity contribution is 0.262. The van der Waals surface area contributed by atoms with Gasteiger partial charge < -0.3 is 0 Å². The van der Waals surface area contributed by atoms with Gasteiger partial charge in [0.1, 0.15) is 17.5 Å². The predicted molar refractivity (Wildman–Crippen MR) is 63.7 cm³/mol. The molecule has 1 heterocycles. The van der Waals surface area contributed by atoms with Crippen LogP contribution in [0.1, 0.15) is 5.56 Å². The van der Waals surface area contributed by atoms with Crippen LogP contribution < -0.4 is 5.32 Å². The molecule has 1 saturated heterocycles. The first-order valence-corrected chi connectivity index (χ1v) is 5.83. The number of piperazine rings is 1. The third kappa shape index (κ3) is 3.34. The second kappa shape index (κ2) is 6.02. The van der Waals surface area contributed by atoms with E-state index in [0.29, 0.717) is 18.7 Å². The van der Waals surface area contributed by atoms with Crippen LogP contribution in [0.25, 0.3) is 6.08 Å². The smallest absolute Gasteiger partial charge is 0.136 e. The van der Waals surface area contributed by atoms with Crippen LogP contribution in [0, 0.1) is 17.5 Å². The molecule has 18 heavy (non-hydrogen) atoms. The predicted octanol–water partition coefficient (Wildman–Crippen LogP) is 2.04. The number of hydrogen-bond donors (Lipinski definition) is 0. The Bertz CT molecular complexity index is 417. The van der Waals surface area contributed by atoms with Gasteiger partial charge in [0.05, 0.1) is 0 Å². The summed E-state index contributed by atoms with van der Waals surface area (Å²) in [5.74, 6) is -2.66. The highest BCUT2D eigenvalue weighted by atomic mass is 19.1. The molecule has 1 aromatic rings. The van der Waals surface area contributed by atoms with Crippen molar-refractivity contribution < 1.29 is 13.2 Å². The second-order valence-electron chi connectivity index (χ2n) is 4.16. The van der Waals surface area contributed by atoms with E-state index in [2.05, 4.69) is 10.2 Å². The average Bonchev–Trinajstić information content (AvgIpc) is 2.34. The molecule has 1 fully saturated rings. The third-order valence-electron chi connectivity index (χ3n) is 2.84. The number of nitrogens with zero attached hydrogens (tertiary/aromatic N) is 2. The first kappa shape index (κ1) is 13.1. The van der Waals surface area contributed by atoms with Gasteiger partial charge in [0.25, 0.3) is 0 Å². The highest BCUT2D eigenvalue weighted by molar-refractivity contribution is 5.51. The van der Waals surface area contributed by atoms with Crippen molar-refractivity contribution in [3.8, 4) is 0 Å². The van der Waals surface area contributed by atoms with Crippen LogP contribution >= 0.6 is 0 Å². The lowest BCUT2D eigenvalue weighted by Crippen LogP contribution is -2.40. The molecule has 0 N–H and O–H groups in total. The van der Waals surface area contributed by atoms with Gasteiger partial charge in [0.15, 0.2) is 0 Å². The van der Waals surface area contributed by atoms with E-state index in [1.165, 1.54) is 6.08 Å². The van der Waals surface area contributed by atoms with Gasteiger partial charge in [-0.15, -0.1) is 0 Å². The standard InChI is InChI=1S/C13H14F3N2/c14-10-8-12(15)11(13(16)9-10)2-1-5-18-6-3-17-4-7-18/h1-2,8-9H,3-7H2. The molecule has 0 unspecified atom stereocenters. The molecule has 1 aliphatic heterocycles. The maximum Gasteiger partial charge on any atom is 0.136 e. The number of rotatable bonds is 3. The fraction of sp³-hybridized carbons (Fsp3) is 0.385. The molecule has 1 aromatic carbocycles. The molecule has 0 bridgehead atoms. The fourth-order valence-corrected chi connectivity index (χ4v) is 1.86. The Balaban J connectivity index is 2.00. The van der Waals surface area contributed by atoms with E-state index in [1.54, 1.807) is 6.08 Å². The van der Waals surface area contributed by atoms with Crippen molar-refractivity contribution in [1.29, 1.82) is 0 Å². The summed E-state index contributed by atoms with van der Waals surface area (Å²) in [5.41, 5.74) is -0.196. The average molecular weight is 255 g/mol. The lowest BCUT2D eigenvalue weighted by atomic mass is 10.1. The summed E-state index contributed by atoms with van der Waals surface area (Å²) >= 11 is 0. The van der Waals surface area contributed by atoms with Gasteiger partial charge in [0.2, 0.25) is 0 Å². The Labute approximate surface area is 104 Å². The van der Waals surface area contributed by atoms with Crippen LogP contribution in [0.3, 0.4) is 0 Å². The summed E-state index contributed by atoms with van der Waals surface area (Å²) in [7, 11) is 0. The summed E-state index contributed by atoms with van der Waals surface area (Å²) < 4.78 is 39.3. The van der Waals surface area contributed by atoms with Crippen molar-refractivity contribution >= 4 is 6.08 Å². The zero-order valence-corrected chi connectivity index (χ0v) is 9.87. The molecule has 1 aliphatic rings. The summed E-state index contributed by atoms with van der Waals surface area (Å²) in [6.07, 6.45) is 3.04. The van der Waals surface area contributed by atoms with E-state index in [0.717, 1.165) is 26.2 Å². The Kier molecular flexibility index (Phi) is 4.38. The molecule has 0 atom stereocenters. The molecular formula is C13H14F3N2. The van der Waals surface area contributed by atoms with Gasteiger partial charge in [-0.2, -0.15) is 0 Å². The van der Waals surface area contributed by atoms with Gasteiger partial charge in [-0.25, -0.2) is 18.5 Å². The van der Waals surface area contributed by atoms with Crippen LogP contribution in [0.5, 0.6) is 0 Å². The van der Waals surface area contributed by atoms with Crippen molar-refractivity contribution in [2.75, 3.05) is 32.7 Å². The van der Waals surface area contributed by atoms with E-state index < -0.39 is 17.5 Å². The molecule has 1 radical (unpaired) electrons. The number of halogens is 3. The molecule has 2 rings (SSSR count). The van der Waals surface area contributed by atoms with Crippen molar-refractivity contribution in [2.45, 2.75) is 0 Å². The molecule has 0 amide bonds. The zero-order chi connectivity index (χ0) is 13.0. The van der Waals surface area contributed by atoms with Gasteiger partial charge >= 0.3 is 0 Å². The quantitative estimate of drug-likeness (QED) is 0.808. The molecule has 0 aliphatic carbocycles. The summed E-state index contributed by atoms with van der Waals surface area (Å²) in [4.78, 5) is 2.14. The van der Waals surface area contributed by atoms with Crippen molar-refractivity contribution in [3.63, 3.8) is 0 Å². The Morgan fingerprint density at radius 3 is 2.33 bits per heavy atom. The van der Waals surface area contributed by atoms with Crippen LogP contribution in [-0.4, -0.2) is 37.6 Å². The van der Waals surface area contributed by atoms with Crippen LogP contribution in [-0.2, 0) is 0 Å². The van der Waals surface area contributed by atoms with Gasteiger partial charge in [-0.3, -0.25) is 4.90 Å². The Hall–Kier alpha value is -1.33. The Morgan fingerprint density at radius 1 is 1.11 bits per heavy atom. The van der Waals surface area contributed by atoms with Crippen LogP contribution in [0.2, 0.25) is 0 Å². The van der Waals surface area contributed by atoms with Crippen molar-refractivity contribution in [3.05, 3.63) is 41.2 Å². The van der Waals surface area contributed by atoms with Crippen LogP contribution in [0.15, 0.2) is 18.2 Å². The minimum Gasteiger partial charge on any atom is -0.297 e. The summed E-state index contributed by atoms with van der Waals surface area (Å²) in [6, 6.07) is 1.37. The summed E-state index contributed by atoms with van der Waals surface area (Å²) in [6.45, 7) is 3.93. The summed E-state index contributed by atoms with van der Waals surface area (Å²) in [5, 5.41) is 4.20. The normalized spacial score (nSPS) is 17.5. The highest BCUT2D eigenvalue weighted by Crippen LogP contribution is 2.16. The minimum absolute atomic E-state index is 0.196. The topological polar surface area (TPSA) is 17.3 Å². The fourth-order valence-electron chi connectivity index (χ4n) is 1.86. The molecular weight excluding hydrogens is 241 g/mol. The van der Waals surface area contributed by atoms with E-state index in [1.807, 2.05) is 0 Å². The lowest BCUT2D eigenvalue weighted by Gasteiger charge is -2.24. The SMILES string of the molecule is Fc1cc(F)c(C=CCN2CC[N]CC2)c(F)c1. The highest BCUT2D eigenvalue weighted by Gasteiger charge is 2.10. The van der Waals surface area contributed by atoms with E-state index in [-0.39, 0.29) is 5.56 Å². The van der Waals surface area contributed by atoms with Gasteiger partial charge in [-0.1, -0.05) is 12.2 Å². The maximum absolute atomic E-state index is 13.3. The largest absolute Gasteiger partial charge is 0.297 e. The van der Waals surface area contributed by atoms with E-state index >= 15 is 0 Å². The maximum atomic E-state index is 13.3. The monoisotopic (exact) mass is 255 g/mol. The number of hydrogen-bond acceptors (Lipinski definition) is 1. The second-order valence-corrected chi connectivity index (χ2v) is 4.16. The zero-order valence-electron chi connectivity index (χ0n) is 9.87. The van der Waals surface area contributed by atoms with Gasteiger partial charge in [-0.05, 0) is 0 Å². The molecule has 2 nitrogen and oxygen atoms in total. The first-order chi connectivity index (χ1) is 8.66. The molecule has 0 aromatic heterocycles. The number of benzene rings is 1. The third-order valence-corrected chi connectivity index (χ3v) is 2.84. The molecule has 5 heteroatoms. The molecule has 97 valence electrons. The van der Waals surface area contributed by atoms with E-state index in [9.17, 15) is 13.2 Å². The molecule has 0 saturated carbocycles. The molecule has 0 spiro atoms. The van der Waals surface area contributed by atoms with E-state index in [4.69, 9.17) is 0 Å². The van der Waals surface area contributed by atoms with Crippen LogP contribution in [0.4, 0.5) is 13.2 Å². The van der Waals surface area contributed by atoms with Crippen molar-refractivity contribution in [2.24, 2.45) is 0 Å². The minimum atomic E-state index is -0.903. The van der Waals surface area contributed by atoms with Gasteiger partial charge in [0, 0.05) is 50.4 Å². The van der Waals surface area contributed by atoms with Crippen molar-refractivity contribution in [1.82, 2.24) is 10.2 Å². The Morgan fingerprint density at radius 2 is 1.72 bits per heavy atom. The first-order valence-electron chi connectivity index (χ1n) is 5.83.